The normalized spacial score (nSPS) is 28.0. The number of halogens is 1. The monoisotopic (exact) mass is 188 g/mol. The predicted octanol–water partition coefficient (Wildman–Crippen LogP) is 1.31. The van der Waals surface area contributed by atoms with Gasteiger partial charge >= 0.3 is 0 Å². The molecule has 12 heavy (non-hydrogen) atoms. The molecule has 1 aliphatic rings. The van der Waals surface area contributed by atoms with E-state index in [0.29, 0.717) is 12.8 Å². The van der Waals surface area contributed by atoms with Gasteiger partial charge in [-0.3, -0.25) is 9.79 Å². The van der Waals surface area contributed by atoms with Crippen molar-refractivity contribution in [2.24, 2.45) is 4.99 Å². The van der Waals surface area contributed by atoms with E-state index in [4.69, 9.17) is 11.6 Å². The Kier molecular flexibility index (Phi) is 3.09. The molecule has 0 fully saturated rings. The second-order valence-corrected chi connectivity index (χ2v) is 3.65. The molecule has 0 saturated carbocycles. The van der Waals surface area contributed by atoms with Crippen molar-refractivity contribution in [1.29, 1.82) is 0 Å². The van der Waals surface area contributed by atoms with Crippen LogP contribution in [0.5, 0.6) is 0 Å². The van der Waals surface area contributed by atoms with Crippen LogP contribution >= 0.6 is 11.6 Å². The quantitative estimate of drug-likeness (QED) is 0.411. The largest absolute Gasteiger partial charge is 0.348 e. The third kappa shape index (κ3) is 2.21. The summed E-state index contributed by atoms with van der Waals surface area (Å²) in [4.78, 5) is 13.7. The molecule has 4 heteroatoms. The van der Waals surface area contributed by atoms with Gasteiger partial charge in [-0.05, 0) is 6.42 Å². The minimum atomic E-state index is -0.955. The van der Waals surface area contributed by atoms with Crippen molar-refractivity contribution in [3.05, 3.63) is 0 Å². The first-order chi connectivity index (χ1) is 5.70. The highest BCUT2D eigenvalue weighted by molar-refractivity contribution is 6.33. The third-order valence-corrected chi connectivity index (χ3v) is 2.11. The highest BCUT2D eigenvalue weighted by Gasteiger charge is 2.31. The number of hydrogen-bond donors (Lipinski definition) is 1. The lowest BCUT2D eigenvalue weighted by molar-refractivity contribution is -0.110. The first-order valence-electron chi connectivity index (χ1n) is 4.17. The van der Waals surface area contributed by atoms with Gasteiger partial charge in [0, 0.05) is 6.42 Å². The fourth-order valence-electron chi connectivity index (χ4n) is 1.08. The van der Waals surface area contributed by atoms with Gasteiger partial charge in [-0.2, -0.15) is 0 Å². The number of aliphatic imine (C=N–C) groups is 1. The Morgan fingerprint density at radius 1 is 1.83 bits per heavy atom. The van der Waals surface area contributed by atoms with Crippen molar-refractivity contribution in [3.8, 4) is 0 Å². The molecule has 0 bridgehead atoms. The maximum atomic E-state index is 10.5. The topological polar surface area (TPSA) is 41.5 Å². The van der Waals surface area contributed by atoms with Gasteiger partial charge in [0.15, 0.2) is 11.3 Å². The van der Waals surface area contributed by atoms with E-state index >= 15 is 0 Å². The predicted molar refractivity (Wildman–Crippen MR) is 49.6 cm³/mol. The van der Waals surface area contributed by atoms with Crippen LogP contribution in [0.1, 0.15) is 26.2 Å². The summed E-state index contributed by atoms with van der Waals surface area (Å²) in [6.07, 6.45) is 3.80. The minimum absolute atomic E-state index is 0.358. The average Bonchev–Trinajstić information content (AvgIpc) is 2.45. The van der Waals surface area contributed by atoms with Crippen molar-refractivity contribution in [3.63, 3.8) is 0 Å². The molecule has 0 radical (unpaired) electrons. The van der Waals surface area contributed by atoms with E-state index in [2.05, 4.69) is 17.2 Å². The number of unbranched alkanes of at least 4 members (excludes halogenated alkanes) is 1. The lowest BCUT2D eigenvalue weighted by Crippen LogP contribution is -2.41. The van der Waals surface area contributed by atoms with Crippen molar-refractivity contribution in [2.75, 3.05) is 6.54 Å². The Hall–Kier alpha value is -0.570. The van der Waals surface area contributed by atoms with Gasteiger partial charge in [0.1, 0.15) is 0 Å². The average molecular weight is 189 g/mol. The number of aldehydes is 1. The summed E-state index contributed by atoms with van der Waals surface area (Å²) < 4.78 is 0. The second kappa shape index (κ2) is 3.90. The molecule has 1 unspecified atom stereocenters. The lowest BCUT2D eigenvalue weighted by atomic mass is 10.2. The van der Waals surface area contributed by atoms with Crippen LogP contribution in [-0.4, -0.2) is 23.7 Å². The van der Waals surface area contributed by atoms with Crippen LogP contribution in [0.3, 0.4) is 0 Å². The molecule has 0 aromatic heterocycles. The van der Waals surface area contributed by atoms with Gasteiger partial charge < -0.3 is 5.32 Å². The molecule has 1 atom stereocenters. The van der Waals surface area contributed by atoms with Gasteiger partial charge in [0.05, 0.1) is 12.4 Å². The van der Waals surface area contributed by atoms with Gasteiger partial charge in [-0.15, -0.1) is 0 Å². The molecule has 0 spiro atoms. The Morgan fingerprint density at radius 3 is 3.08 bits per heavy atom. The van der Waals surface area contributed by atoms with E-state index in [0.717, 1.165) is 25.1 Å². The number of amidine groups is 1. The Bertz CT molecular complexity index is 205. The molecule has 0 aromatic rings. The van der Waals surface area contributed by atoms with E-state index in [9.17, 15) is 4.79 Å². The number of carbonyl (C=O) groups is 1. The standard InChI is InChI=1S/C8H13ClN2O/c1-2-3-4-7-10-5-8(9,6-12)11-7/h6H,2-5H2,1H3,(H,10,11). The van der Waals surface area contributed by atoms with E-state index in [1.807, 2.05) is 0 Å². The molecule has 0 amide bonds. The summed E-state index contributed by atoms with van der Waals surface area (Å²) in [7, 11) is 0. The first-order valence-corrected chi connectivity index (χ1v) is 4.55. The number of nitrogens with one attached hydrogen (secondary N) is 1. The summed E-state index contributed by atoms with van der Waals surface area (Å²) in [6.45, 7) is 2.47. The maximum Gasteiger partial charge on any atom is 0.189 e. The van der Waals surface area contributed by atoms with Crippen LogP contribution in [0, 0.1) is 0 Å². The molecule has 1 heterocycles. The van der Waals surface area contributed by atoms with Crippen LogP contribution in [0.4, 0.5) is 0 Å². The molecule has 1 N–H and O–H groups in total. The molecule has 0 aliphatic carbocycles. The third-order valence-electron chi connectivity index (χ3n) is 1.81. The molecule has 1 aliphatic heterocycles. The number of alkyl halides is 1. The fourth-order valence-corrected chi connectivity index (χ4v) is 1.25. The molecular weight excluding hydrogens is 176 g/mol. The summed E-state index contributed by atoms with van der Waals surface area (Å²) in [5, 5.41) is 2.90. The van der Waals surface area contributed by atoms with E-state index in [1.54, 1.807) is 0 Å². The van der Waals surface area contributed by atoms with Gasteiger partial charge in [-0.1, -0.05) is 24.9 Å². The maximum absolute atomic E-state index is 10.5. The Morgan fingerprint density at radius 2 is 2.58 bits per heavy atom. The van der Waals surface area contributed by atoms with Crippen molar-refractivity contribution in [2.45, 2.75) is 31.2 Å². The molecule has 0 aromatic carbocycles. The van der Waals surface area contributed by atoms with Gasteiger partial charge in [0.2, 0.25) is 0 Å². The summed E-state index contributed by atoms with van der Waals surface area (Å²) in [5.74, 6) is 0.860. The van der Waals surface area contributed by atoms with E-state index in [1.165, 1.54) is 0 Å². The summed E-state index contributed by atoms with van der Waals surface area (Å²) in [5.41, 5.74) is 0. The molecular formula is C8H13ClN2O. The smallest absolute Gasteiger partial charge is 0.189 e. The highest BCUT2D eigenvalue weighted by Crippen LogP contribution is 2.15. The number of carbonyl (C=O) groups excluding carboxylic acids is 1. The Labute approximate surface area is 77.2 Å². The Balaban J connectivity index is 2.37. The fraction of sp³-hybridized carbons (Fsp3) is 0.750. The second-order valence-electron chi connectivity index (χ2n) is 2.97. The van der Waals surface area contributed by atoms with E-state index in [-0.39, 0.29) is 0 Å². The van der Waals surface area contributed by atoms with Crippen LogP contribution in [0.2, 0.25) is 0 Å². The number of hydrogen-bond acceptors (Lipinski definition) is 3. The molecule has 3 nitrogen and oxygen atoms in total. The first kappa shape index (κ1) is 9.52. The van der Waals surface area contributed by atoms with Gasteiger partial charge in [-0.25, -0.2) is 0 Å². The zero-order chi connectivity index (χ0) is 9.03. The zero-order valence-electron chi connectivity index (χ0n) is 7.14. The van der Waals surface area contributed by atoms with Crippen LogP contribution in [-0.2, 0) is 4.79 Å². The molecule has 1 rings (SSSR count). The zero-order valence-corrected chi connectivity index (χ0v) is 7.90. The number of nitrogens with zero attached hydrogens (tertiary/aromatic N) is 1. The molecule has 68 valence electrons. The van der Waals surface area contributed by atoms with Crippen molar-refractivity contribution in [1.82, 2.24) is 5.32 Å². The summed E-state index contributed by atoms with van der Waals surface area (Å²) in [6, 6.07) is 0. The van der Waals surface area contributed by atoms with Crippen molar-refractivity contribution < 1.29 is 4.79 Å². The molecule has 0 saturated heterocycles. The SMILES string of the molecule is CCCCC1=NCC(Cl)(C=O)N1. The van der Waals surface area contributed by atoms with Crippen molar-refractivity contribution >= 4 is 23.7 Å². The highest BCUT2D eigenvalue weighted by atomic mass is 35.5. The summed E-state index contributed by atoms with van der Waals surface area (Å²) >= 11 is 5.84. The van der Waals surface area contributed by atoms with Gasteiger partial charge in [0.25, 0.3) is 0 Å². The minimum Gasteiger partial charge on any atom is -0.348 e. The van der Waals surface area contributed by atoms with Crippen LogP contribution in [0.25, 0.3) is 0 Å². The lowest BCUT2D eigenvalue weighted by Gasteiger charge is -2.13. The number of rotatable bonds is 4. The van der Waals surface area contributed by atoms with Crippen LogP contribution < -0.4 is 5.32 Å². The van der Waals surface area contributed by atoms with E-state index < -0.39 is 5.00 Å². The van der Waals surface area contributed by atoms with Crippen LogP contribution in [0.15, 0.2) is 4.99 Å².